The fraction of sp³-hybridized carbons (Fsp3) is 0.455. The average molecular weight is 279 g/mol. The molecule has 20 heavy (non-hydrogen) atoms. The molecule has 0 atom stereocenters. The van der Waals surface area contributed by atoms with Crippen molar-refractivity contribution in [3.63, 3.8) is 0 Å². The summed E-state index contributed by atoms with van der Waals surface area (Å²) in [6, 6.07) is 0. The number of nitrogens with one attached hydrogen (secondary N) is 3. The van der Waals surface area contributed by atoms with Gasteiger partial charge in [-0.3, -0.25) is 0 Å². The Morgan fingerprint density at radius 3 is 2.90 bits per heavy atom. The van der Waals surface area contributed by atoms with Gasteiger partial charge in [0.25, 0.3) is 0 Å². The minimum Gasteiger partial charge on any atom is -0.444 e. The smallest absolute Gasteiger partial charge is 0.409 e. The normalized spacial score (nSPS) is 11.3. The van der Waals surface area contributed by atoms with Gasteiger partial charge in [-0.2, -0.15) is 9.97 Å². The molecular weight excluding hydrogens is 262 g/mol. The highest BCUT2D eigenvalue weighted by molar-refractivity contribution is 5.82. The largest absolute Gasteiger partial charge is 0.444 e. The Bertz CT molecular complexity index is 617. The number of aromatic amines is 1. The molecule has 0 aliphatic carbocycles. The lowest BCUT2D eigenvalue weighted by Gasteiger charge is -2.19. The molecule has 1 amide bonds. The second-order valence-electron chi connectivity index (χ2n) is 5.07. The van der Waals surface area contributed by atoms with Crippen molar-refractivity contribution in [2.75, 3.05) is 17.7 Å². The Morgan fingerprint density at radius 2 is 2.20 bits per heavy atom. The molecule has 9 heteroatoms. The van der Waals surface area contributed by atoms with Gasteiger partial charge in [0.2, 0.25) is 5.95 Å². The second-order valence-corrected chi connectivity index (χ2v) is 5.07. The van der Waals surface area contributed by atoms with Gasteiger partial charge in [-0.25, -0.2) is 9.78 Å². The van der Waals surface area contributed by atoms with E-state index in [1.165, 1.54) is 6.33 Å². The van der Waals surface area contributed by atoms with Gasteiger partial charge in [-0.1, -0.05) is 0 Å². The first-order valence-electron chi connectivity index (χ1n) is 6.02. The Balaban J connectivity index is 1.91. The highest BCUT2D eigenvalue weighted by Gasteiger charge is 2.15. The van der Waals surface area contributed by atoms with Crippen molar-refractivity contribution in [1.29, 1.82) is 0 Å². The number of carbonyl (C=O) groups excluding carboxylic acids is 1. The van der Waals surface area contributed by atoms with Crippen molar-refractivity contribution in [1.82, 2.24) is 25.3 Å². The Hall–Kier alpha value is -2.58. The van der Waals surface area contributed by atoms with Gasteiger partial charge in [0.05, 0.1) is 13.0 Å². The molecule has 0 spiro atoms. The summed E-state index contributed by atoms with van der Waals surface area (Å²) in [4.78, 5) is 26.4. The number of imidazole rings is 1. The zero-order chi connectivity index (χ0) is 14.8. The lowest BCUT2D eigenvalue weighted by atomic mass is 10.2. The number of nitrogen functional groups attached to an aromatic ring is 1. The van der Waals surface area contributed by atoms with E-state index in [-0.39, 0.29) is 18.4 Å². The van der Waals surface area contributed by atoms with Crippen LogP contribution < -0.4 is 16.4 Å². The summed E-state index contributed by atoms with van der Waals surface area (Å²) in [5, 5.41) is 5.34. The van der Waals surface area contributed by atoms with Crippen LogP contribution in [0, 0.1) is 0 Å². The maximum atomic E-state index is 11.4. The molecule has 0 saturated heterocycles. The van der Waals surface area contributed by atoms with E-state index in [0.717, 1.165) is 0 Å². The molecule has 2 aromatic heterocycles. The number of aromatic nitrogens is 4. The number of hydrogen-bond donors (Lipinski definition) is 4. The van der Waals surface area contributed by atoms with Crippen molar-refractivity contribution < 1.29 is 9.53 Å². The minimum atomic E-state index is -0.543. The molecule has 5 N–H and O–H groups in total. The van der Waals surface area contributed by atoms with Crippen LogP contribution in [-0.4, -0.2) is 38.3 Å². The van der Waals surface area contributed by atoms with Crippen LogP contribution in [0.15, 0.2) is 6.33 Å². The molecule has 0 aliphatic rings. The van der Waals surface area contributed by atoms with Crippen molar-refractivity contribution in [2.24, 2.45) is 0 Å². The molecule has 108 valence electrons. The Labute approximate surface area is 115 Å². The maximum Gasteiger partial charge on any atom is 0.409 e. The molecule has 2 heterocycles. The van der Waals surface area contributed by atoms with Crippen molar-refractivity contribution in [2.45, 2.75) is 26.4 Å². The highest BCUT2D eigenvalue weighted by Crippen LogP contribution is 2.14. The van der Waals surface area contributed by atoms with E-state index < -0.39 is 11.7 Å². The lowest BCUT2D eigenvalue weighted by molar-refractivity contribution is 0.0532. The number of anilines is 2. The number of alkyl carbamates (subject to hydrolysis) is 1. The molecular formula is C11H17N7O2. The first-order chi connectivity index (χ1) is 9.35. The van der Waals surface area contributed by atoms with E-state index in [0.29, 0.717) is 11.2 Å². The van der Waals surface area contributed by atoms with Crippen LogP contribution in [0.25, 0.3) is 11.2 Å². The fourth-order valence-electron chi connectivity index (χ4n) is 1.44. The first-order valence-corrected chi connectivity index (χ1v) is 6.02. The number of fused-ring (bicyclic) bond motifs is 1. The topological polar surface area (TPSA) is 131 Å². The second kappa shape index (κ2) is 5.19. The summed E-state index contributed by atoms with van der Waals surface area (Å²) in [5.74, 6) is 0.561. The molecule has 0 bridgehead atoms. The average Bonchev–Trinajstić information content (AvgIpc) is 2.75. The zero-order valence-electron chi connectivity index (χ0n) is 11.5. The number of carbonyl (C=O) groups is 1. The lowest BCUT2D eigenvalue weighted by Crippen LogP contribution is -2.35. The first kappa shape index (κ1) is 13.8. The van der Waals surface area contributed by atoms with E-state index in [2.05, 4.69) is 30.6 Å². The number of rotatable bonds is 3. The van der Waals surface area contributed by atoms with Crippen LogP contribution in [0.1, 0.15) is 20.8 Å². The van der Waals surface area contributed by atoms with Crippen LogP contribution in [0.5, 0.6) is 0 Å². The predicted molar refractivity (Wildman–Crippen MR) is 74.0 cm³/mol. The van der Waals surface area contributed by atoms with Crippen LogP contribution >= 0.6 is 0 Å². The summed E-state index contributed by atoms with van der Waals surface area (Å²) in [7, 11) is 0. The van der Waals surface area contributed by atoms with Gasteiger partial charge in [-0.15, -0.1) is 0 Å². The number of amides is 1. The van der Waals surface area contributed by atoms with Gasteiger partial charge in [0, 0.05) is 0 Å². The molecule has 0 fully saturated rings. The molecule has 0 radical (unpaired) electrons. The highest BCUT2D eigenvalue weighted by atomic mass is 16.6. The Kier molecular flexibility index (Phi) is 3.59. The Morgan fingerprint density at radius 1 is 1.45 bits per heavy atom. The fourth-order valence-corrected chi connectivity index (χ4v) is 1.44. The van der Waals surface area contributed by atoms with Gasteiger partial charge in [0.15, 0.2) is 11.5 Å². The van der Waals surface area contributed by atoms with E-state index >= 15 is 0 Å². The third kappa shape index (κ3) is 3.46. The maximum absolute atomic E-state index is 11.4. The number of H-pyrrole nitrogens is 1. The number of ether oxygens (including phenoxy) is 1. The monoisotopic (exact) mass is 279 g/mol. The molecule has 0 unspecified atom stereocenters. The zero-order valence-corrected chi connectivity index (χ0v) is 11.5. The van der Waals surface area contributed by atoms with Crippen molar-refractivity contribution in [3.8, 4) is 0 Å². The molecule has 0 aromatic carbocycles. The van der Waals surface area contributed by atoms with Gasteiger partial charge >= 0.3 is 6.09 Å². The van der Waals surface area contributed by atoms with Crippen LogP contribution in [0.3, 0.4) is 0 Å². The molecule has 0 aliphatic heterocycles. The van der Waals surface area contributed by atoms with Gasteiger partial charge in [-0.05, 0) is 20.8 Å². The summed E-state index contributed by atoms with van der Waals surface area (Å²) >= 11 is 0. The summed E-state index contributed by atoms with van der Waals surface area (Å²) < 4.78 is 5.08. The summed E-state index contributed by atoms with van der Waals surface area (Å²) in [6.07, 6.45) is 0.956. The molecule has 9 nitrogen and oxygen atoms in total. The summed E-state index contributed by atoms with van der Waals surface area (Å²) in [6.45, 7) is 5.48. The van der Waals surface area contributed by atoms with Crippen LogP contribution in [0.4, 0.5) is 16.6 Å². The number of nitrogens with two attached hydrogens (primary N) is 1. The van der Waals surface area contributed by atoms with E-state index in [4.69, 9.17) is 10.5 Å². The van der Waals surface area contributed by atoms with Crippen LogP contribution in [0.2, 0.25) is 0 Å². The van der Waals surface area contributed by atoms with Crippen molar-refractivity contribution >= 4 is 29.0 Å². The molecule has 0 saturated carbocycles. The third-order valence-corrected chi connectivity index (χ3v) is 2.19. The van der Waals surface area contributed by atoms with E-state index in [1.54, 1.807) is 20.8 Å². The van der Waals surface area contributed by atoms with Crippen LogP contribution in [-0.2, 0) is 4.74 Å². The molecule has 2 aromatic rings. The van der Waals surface area contributed by atoms with Gasteiger partial charge < -0.3 is 26.1 Å². The number of hydrogen-bond acceptors (Lipinski definition) is 7. The minimum absolute atomic E-state index is 0.115. The number of nitrogens with zero attached hydrogens (tertiary/aromatic N) is 3. The predicted octanol–water partition coefficient (Wildman–Crippen LogP) is 0.829. The summed E-state index contributed by atoms with van der Waals surface area (Å²) in [5.41, 5.74) is 6.23. The van der Waals surface area contributed by atoms with Crippen molar-refractivity contribution in [3.05, 3.63) is 6.33 Å². The third-order valence-electron chi connectivity index (χ3n) is 2.19. The molecule has 2 rings (SSSR count). The quantitative estimate of drug-likeness (QED) is 0.612. The SMILES string of the molecule is CC(C)(C)OC(=O)NCNc1nc(N)c2[nH]cnc2n1. The standard InChI is InChI=1S/C11H17N7O2/c1-11(2,3)20-10(19)16-5-15-9-17-7(12)6-8(18-9)14-4-13-6/h4H,5H2,1-3H3,(H,16,19)(H4,12,13,14,15,17,18). The van der Waals surface area contributed by atoms with Gasteiger partial charge in [0.1, 0.15) is 11.1 Å². The van der Waals surface area contributed by atoms with E-state index in [9.17, 15) is 4.79 Å². The van der Waals surface area contributed by atoms with E-state index in [1.807, 2.05) is 0 Å².